The highest BCUT2D eigenvalue weighted by molar-refractivity contribution is 14.0. The topological polar surface area (TPSA) is 49.3 Å². The zero-order chi connectivity index (χ0) is 15.1. The SMILES string of the molecule is CN=C(NCCc1cccc(C)c1)NCc1ncc(C)s1.I. The van der Waals surface area contributed by atoms with E-state index < -0.39 is 0 Å². The number of aromatic nitrogens is 1. The van der Waals surface area contributed by atoms with Gasteiger partial charge in [0.2, 0.25) is 0 Å². The molecule has 0 aliphatic heterocycles. The van der Waals surface area contributed by atoms with E-state index in [9.17, 15) is 0 Å². The van der Waals surface area contributed by atoms with Crippen LogP contribution in [0.4, 0.5) is 0 Å². The van der Waals surface area contributed by atoms with Gasteiger partial charge in [0.1, 0.15) is 5.01 Å². The first-order valence-corrected chi connectivity index (χ1v) is 7.90. The second-order valence-electron chi connectivity index (χ2n) is 4.96. The highest BCUT2D eigenvalue weighted by atomic mass is 127. The molecule has 0 atom stereocenters. The minimum Gasteiger partial charge on any atom is -0.356 e. The lowest BCUT2D eigenvalue weighted by Gasteiger charge is -2.11. The highest BCUT2D eigenvalue weighted by Gasteiger charge is 2.01. The Bertz CT molecular complexity index is 610. The van der Waals surface area contributed by atoms with Gasteiger partial charge in [-0.2, -0.15) is 0 Å². The third-order valence-electron chi connectivity index (χ3n) is 3.09. The number of hydrogen-bond acceptors (Lipinski definition) is 3. The number of guanidine groups is 1. The predicted molar refractivity (Wildman–Crippen MR) is 105 cm³/mol. The van der Waals surface area contributed by atoms with Crippen LogP contribution in [0.25, 0.3) is 0 Å². The molecule has 2 aromatic rings. The van der Waals surface area contributed by atoms with Crippen LogP contribution in [0.2, 0.25) is 0 Å². The van der Waals surface area contributed by atoms with Gasteiger partial charge >= 0.3 is 0 Å². The number of thiazole rings is 1. The van der Waals surface area contributed by atoms with Gasteiger partial charge in [0.15, 0.2) is 5.96 Å². The summed E-state index contributed by atoms with van der Waals surface area (Å²) in [6.07, 6.45) is 2.88. The summed E-state index contributed by atoms with van der Waals surface area (Å²) in [5.74, 6) is 0.815. The average molecular weight is 430 g/mol. The van der Waals surface area contributed by atoms with Crippen molar-refractivity contribution in [3.05, 3.63) is 51.5 Å². The molecule has 0 bridgehead atoms. The number of aryl methyl sites for hydroxylation is 2. The maximum absolute atomic E-state index is 4.33. The summed E-state index contributed by atoms with van der Waals surface area (Å²) >= 11 is 1.71. The van der Waals surface area contributed by atoms with Crippen LogP contribution < -0.4 is 10.6 Å². The molecule has 2 N–H and O–H groups in total. The van der Waals surface area contributed by atoms with Crippen LogP contribution in [-0.4, -0.2) is 24.5 Å². The molecule has 0 aliphatic rings. The molecule has 1 aromatic heterocycles. The number of nitrogens with zero attached hydrogens (tertiary/aromatic N) is 2. The largest absolute Gasteiger partial charge is 0.356 e. The number of aliphatic imine (C=N–C) groups is 1. The Morgan fingerprint density at radius 1 is 1.27 bits per heavy atom. The molecule has 0 saturated heterocycles. The fourth-order valence-corrected chi connectivity index (χ4v) is 2.78. The van der Waals surface area contributed by atoms with Crippen molar-refractivity contribution in [1.29, 1.82) is 0 Å². The van der Waals surface area contributed by atoms with Gasteiger partial charge in [-0.3, -0.25) is 4.99 Å². The van der Waals surface area contributed by atoms with Crippen LogP contribution >= 0.6 is 35.3 Å². The third-order valence-corrected chi connectivity index (χ3v) is 4.00. The van der Waals surface area contributed by atoms with Crippen LogP contribution in [-0.2, 0) is 13.0 Å². The molecule has 0 unspecified atom stereocenters. The van der Waals surface area contributed by atoms with Gasteiger partial charge in [0, 0.05) is 24.7 Å². The summed E-state index contributed by atoms with van der Waals surface area (Å²) in [4.78, 5) is 9.79. The zero-order valence-corrected chi connectivity index (χ0v) is 16.4. The minimum absolute atomic E-state index is 0. The summed E-state index contributed by atoms with van der Waals surface area (Å²) in [7, 11) is 1.79. The standard InChI is InChI=1S/C16H22N4S.HI/c1-12-5-4-6-14(9-12)7-8-18-16(17-3)20-11-15-19-10-13(2)21-15;/h4-6,9-10H,7-8,11H2,1-3H3,(H2,17,18,20);1H. The molecule has 0 fully saturated rings. The summed E-state index contributed by atoms with van der Waals surface area (Å²) < 4.78 is 0. The van der Waals surface area contributed by atoms with Crippen LogP contribution in [0.5, 0.6) is 0 Å². The van der Waals surface area contributed by atoms with Crippen molar-refractivity contribution in [2.45, 2.75) is 26.8 Å². The first kappa shape index (κ1) is 18.9. The van der Waals surface area contributed by atoms with Crippen molar-refractivity contribution in [3.63, 3.8) is 0 Å². The Balaban J connectivity index is 0.00000242. The Morgan fingerprint density at radius 2 is 2.09 bits per heavy atom. The molecular weight excluding hydrogens is 407 g/mol. The van der Waals surface area contributed by atoms with E-state index in [1.807, 2.05) is 6.20 Å². The highest BCUT2D eigenvalue weighted by Crippen LogP contribution is 2.10. The van der Waals surface area contributed by atoms with Gasteiger partial charge in [0.25, 0.3) is 0 Å². The van der Waals surface area contributed by atoms with Crippen molar-refractivity contribution >= 4 is 41.3 Å². The average Bonchev–Trinajstić information content (AvgIpc) is 2.88. The molecule has 1 aromatic carbocycles. The monoisotopic (exact) mass is 430 g/mol. The van der Waals surface area contributed by atoms with Gasteiger partial charge in [-0.1, -0.05) is 29.8 Å². The van der Waals surface area contributed by atoms with Crippen LogP contribution in [0.3, 0.4) is 0 Å². The summed E-state index contributed by atoms with van der Waals surface area (Å²) in [5, 5.41) is 7.69. The van der Waals surface area contributed by atoms with E-state index in [0.717, 1.165) is 23.9 Å². The Labute approximate surface area is 153 Å². The van der Waals surface area contributed by atoms with E-state index in [1.165, 1.54) is 16.0 Å². The third kappa shape index (κ3) is 6.31. The quantitative estimate of drug-likeness (QED) is 0.435. The lowest BCUT2D eigenvalue weighted by molar-refractivity contribution is 0.791. The van der Waals surface area contributed by atoms with Gasteiger partial charge in [-0.15, -0.1) is 35.3 Å². The van der Waals surface area contributed by atoms with E-state index in [0.29, 0.717) is 6.54 Å². The number of hydrogen-bond donors (Lipinski definition) is 2. The van der Waals surface area contributed by atoms with Gasteiger partial charge in [-0.05, 0) is 25.8 Å². The molecular formula is C16H23IN4S. The summed E-state index contributed by atoms with van der Waals surface area (Å²) in [6.45, 7) is 5.76. The first-order chi connectivity index (χ1) is 10.2. The van der Waals surface area contributed by atoms with Crippen molar-refractivity contribution in [1.82, 2.24) is 15.6 Å². The lowest BCUT2D eigenvalue weighted by atomic mass is 10.1. The molecule has 22 heavy (non-hydrogen) atoms. The van der Waals surface area contributed by atoms with Crippen LogP contribution in [0, 0.1) is 13.8 Å². The molecule has 120 valence electrons. The first-order valence-electron chi connectivity index (χ1n) is 7.09. The maximum Gasteiger partial charge on any atom is 0.191 e. The second kappa shape index (κ2) is 9.78. The summed E-state index contributed by atoms with van der Waals surface area (Å²) in [5.41, 5.74) is 2.64. The fraction of sp³-hybridized carbons (Fsp3) is 0.375. The molecule has 1 heterocycles. The maximum atomic E-state index is 4.33. The molecule has 4 nitrogen and oxygen atoms in total. The van der Waals surface area contributed by atoms with Gasteiger partial charge in [-0.25, -0.2) is 4.98 Å². The van der Waals surface area contributed by atoms with E-state index in [1.54, 1.807) is 18.4 Å². The zero-order valence-electron chi connectivity index (χ0n) is 13.2. The minimum atomic E-state index is 0. The lowest BCUT2D eigenvalue weighted by Crippen LogP contribution is -2.37. The molecule has 0 amide bonds. The molecule has 6 heteroatoms. The van der Waals surface area contributed by atoms with E-state index >= 15 is 0 Å². The van der Waals surface area contributed by atoms with E-state index in [4.69, 9.17) is 0 Å². The van der Waals surface area contributed by atoms with Crippen LogP contribution in [0.15, 0.2) is 35.5 Å². The Kier molecular flexibility index (Phi) is 8.40. The number of nitrogens with one attached hydrogen (secondary N) is 2. The van der Waals surface area contributed by atoms with Crippen molar-refractivity contribution in [3.8, 4) is 0 Å². The smallest absolute Gasteiger partial charge is 0.191 e. The van der Waals surface area contributed by atoms with Crippen molar-refractivity contribution < 1.29 is 0 Å². The van der Waals surface area contributed by atoms with Gasteiger partial charge in [0.05, 0.1) is 6.54 Å². The molecule has 0 spiro atoms. The fourth-order valence-electron chi connectivity index (χ4n) is 2.06. The van der Waals surface area contributed by atoms with Crippen molar-refractivity contribution in [2.24, 2.45) is 4.99 Å². The van der Waals surface area contributed by atoms with Crippen molar-refractivity contribution in [2.75, 3.05) is 13.6 Å². The van der Waals surface area contributed by atoms with E-state index in [-0.39, 0.29) is 24.0 Å². The van der Waals surface area contributed by atoms with E-state index in [2.05, 4.69) is 58.7 Å². The molecule has 0 aliphatic carbocycles. The normalized spacial score (nSPS) is 11.0. The molecule has 2 rings (SSSR count). The molecule has 0 saturated carbocycles. The summed E-state index contributed by atoms with van der Waals surface area (Å²) in [6, 6.07) is 8.59. The van der Waals surface area contributed by atoms with Gasteiger partial charge < -0.3 is 10.6 Å². The number of rotatable bonds is 5. The molecule has 0 radical (unpaired) electrons. The second-order valence-corrected chi connectivity index (χ2v) is 6.28. The van der Waals surface area contributed by atoms with Crippen LogP contribution in [0.1, 0.15) is 21.0 Å². The predicted octanol–water partition coefficient (Wildman–Crippen LogP) is 3.29. The number of benzene rings is 1. The Morgan fingerprint density at radius 3 is 2.73 bits per heavy atom. The number of halogens is 1. The Hall–Kier alpha value is -1.15.